The van der Waals surface area contributed by atoms with E-state index in [1.54, 1.807) is 0 Å². The molecule has 1 saturated carbocycles. The lowest BCUT2D eigenvalue weighted by atomic mass is 9.58. The summed E-state index contributed by atoms with van der Waals surface area (Å²) in [6, 6.07) is 0. The van der Waals surface area contributed by atoms with Crippen LogP contribution in [0, 0.1) is 23.7 Å². The maximum absolute atomic E-state index is 9.55. The molecule has 2 unspecified atom stereocenters. The first kappa shape index (κ1) is 27.4. The van der Waals surface area contributed by atoms with Crippen molar-refractivity contribution in [2.24, 2.45) is 23.7 Å². The molecule has 1 aliphatic carbocycles. The van der Waals surface area contributed by atoms with E-state index in [-0.39, 0.29) is 12.2 Å². The Labute approximate surface area is 211 Å². The number of morpholine rings is 1. The van der Waals surface area contributed by atoms with Crippen molar-refractivity contribution < 1.29 is 48.5 Å². The van der Waals surface area contributed by atoms with E-state index in [2.05, 4.69) is 18.7 Å². The van der Waals surface area contributed by atoms with Crippen LogP contribution in [0.3, 0.4) is 0 Å². The van der Waals surface area contributed by atoms with Gasteiger partial charge in [0.1, 0.15) is 0 Å². The third kappa shape index (κ3) is 5.77. The van der Waals surface area contributed by atoms with Crippen LogP contribution in [0.5, 0.6) is 0 Å². The minimum atomic E-state index is -1.26. The summed E-state index contributed by atoms with van der Waals surface area (Å²) in [7, 11) is 0. The predicted octanol–water partition coefficient (Wildman–Crippen LogP) is 2.26. The first-order chi connectivity index (χ1) is 17.1. The second-order valence-electron chi connectivity index (χ2n) is 10.6. The van der Waals surface area contributed by atoms with Gasteiger partial charge in [0.15, 0.2) is 18.2 Å². The minimum absolute atomic E-state index is 0.241. The Kier molecular flexibility index (Phi) is 8.71. The predicted molar refractivity (Wildman–Crippen MR) is 124 cm³/mol. The van der Waals surface area contributed by atoms with Crippen LogP contribution in [0.15, 0.2) is 12.2 Å². The van der Waals surface area contributed by atoms with Crippen molar-refractivity contribution in [3.8, 4) is 0 Å². The van der Waals surface area contributed by atoms with Crippen LogP contribution >= 0.6 is 0 Å². The lowest BCUT2D eigenvalue weighted by Crippen LogP contribution is -2.70. The van der Waals surface area contributed by atoms with Crippen molar-refractivity contribution in [2.75, 3.05) is 39.5 Å². The molecule has 1 spiro atoms. The zero-order chi connectivity index (χ0) is 25.9. The lowest BCUT2D eigenvalue weighted by molar-refractivity contribution is -0.577. The molecule has 6 aliphatic rings. The van der Waals surface area contributed by atoms with Crippen LogP contribution in [0.2, 0.25) is 0 Å². The molecule has 6 rings (SSSR count). The Hall–Kier alpha value is -1.60. The number of hydrogen-bond acceptors (Lipinski definition) is 9. The first-order valence-corrected chi connectivity index (χ1v) is 12.9. The van der Waals surface area contributed by atoms with Gasteiger partial charge in [-0.3, -0.25) is 4.90 Å². The summed E-state index contributed by atoms with van der Waals surface area (Å²) in [4.78, 5) is 33.5. The quantitative estimate of drug-likeness (QED) is 0.400. The van der Waals surface area contributed by atoms with Gasteiger partial charge in [0, 0.05) is 50.0 Å². The summed E-state index contributed by atoms with van der Waals surface area (Å²) in [5.41, 5.74) is -0.503. The number of carbonyl (C=O) groups is 2. The number of carboxylic acids is 2. The maximum Gasteiger partial charge on any atom is 0.328 e. The van der Waals surface area contributed by atoms with Gasteiger partial charge in [0.25, 0.3) is 0 Å². The van der Waals surface area contributed by atoms with Gasteiger partial charge >= 0.3 is 11.9 Å². The van der Waals surface area contributed by atoms with E-state index in [0.717, 1.165) is 52.1 Å². The highest BCUT2D eigenvalue weighted by molar-refractivity contribution is 5.89. The van der Waals surface area contributed by atoms with E-state index in [4.69, 9.17) is 38.9 Å². The summed E-state index contributed by atoms with van der Waals surface area (Å²) in [6.45, 7) is 11.7. The van der Waals surface area contributed by atoms with Gasteiger partial charge in [-0.2, -0.15) is 0 Å². The van der Waals surface area contributed by atoms with Crippen molar-refractivity contribution in [2.45, 2.75) is 70.4 Å². The van der Waals surface area contributed by atoms with Gasteiger partial charge < -0.3 is 29.2 Å². The highest BCUT2D eigenvalue weighted by Gasteiger charge is 2.69. The molecule has 5 saturated heterocycles. The van der Waals surface area contributed by atoms with E-state index in [1.165, 1.54) is 6.42 Å². The van der Waals surface area contributed by atoms with Crippen molar-refractivity contribution >= 4 is 11.9 Å². The fourth-order valence-electron chi connectivity index (χ4n) is 6.33. The van der Waals surface area contributed by atoms with E-state index in [1.807, 2.05) is 6.92 Å². The van der Waals surface area contributed by atoms with Crippen molar-refractivity contribution in [1.82, 2.24) is 4.90 Å². The number of hydrogen-bond donors (Lipinski definition) is 2. The monoisotopic (exact) mass is 513 g/mol. The molecule has 6 fully saturated rings. The van der Waals surface area contributed by atoms with Crippen molar-refractivity contribution in [3.05, 3.63) is 12.2 Å². The molecule has 0 amide bonds. The Morgan fingerprint density at radius 1 is 1.03 bits per heavy atom. The molecule has 0 aromatic carbocycles. The number of rotatable bonds is 6. The normalized spacial score (nSPS) is 42.2. The highest BCUT2D eigenvalue weighted by atomic mass is 17.3. The second-order valence-corrected chi connectivity index (χ2v) is 10.6. The number of fused-ring (bicyclic) bond motifs is 2. The van der Waals surface area contributed by atoms with Crippen molar-refractivity contribution in [1.29, 1.82) is 0 Å². The Morgan fingerprint density at radius 2 is 1.72 bits per heavy atom. The molecular weight excluding hydrogens is 474 g/mol. The van der Waals surface area contributed by atoms with E-state index in [0.29, 0.717) is 36.5 Å². The summed E-state index contributed by atoms with van der Waals surface area (Å²) in [5.74, 6) is -1.69. The van der Waals surface area contributed by atoms with Crippen LogP contribution in [-0.2, 0) is 38.3 Å². The van der Waals surface area contributed by atoms with Crippen LogP contribution in [0.1, 0.15) is 46.5 Å². The molecule has 0 aromatic rings. The Bertz CT molecular complexity index is 801. The number of ether oxygens (including phenoxy) is 4. The SMILES string of the molecule is C[C@@H]1CCC2[C@@H](C)[C@@H](OCCN3CCOCC3)O[C@@H]3O[C@@]4(C)CCC1[C@@]23OO4.O=C(O)/C=C\C(=O)O. The Balaban J connectivity index is 0.000000331. The zero-order valence-electron chi connectivity index (χ0n) is 21.3. The summed E-state index contributed by atoms with van der Waals surface area (Å²) in [6.07, 6.45) is 4.65. The lowest BCUT2D eigenvalue weighted by Gasteiger charge is -2.60. The molecule has 11 nitrogen and oxygen atoms in total. The third-order valence-electron chi connectivity index (χ3n) is 8.26. The van der Waals surface area contributed by atoms with E-state index < -0.39 is 29.6 Å². The molecule has 0 radical (unpaired) electrons. The van der Waals surface area contributed by atoms with Crippen molar-refractivity contribution in [3.63, 3.8) is 0 Å². The molecule has 11 heteroatoms. The van der Waals surface area contributed by atoms with Gasteiger partial charge in [0.2, 0.25) is 5.79 Å². The smallest absolute Gasteiger partial charge is 0.328 e. The molecule has 5 aliphatic heterocycles. The van der Waals surface area contributed by atoms with Gasteiger partial charge in [-0.1, -0.05) is 13.8 Å². The van der Waals surface area contributed by atoms with E-state index in [9.17, 15) is 9.59 Å². The van der Waals surface area contributed by atoms with Gasteiger partial charge in [0.05, 0.1) is 19.8 Å². The van der Waals surface area contributed by atoms with E-state index >= 15 is 0 Å². The topological polar surface area (TPSA) is 133 Å². The first-order valence-electron chi connectivity index (χ1n) is 12.9. The maximum atomic E-state index is 9.55. The molecule has 2 bridgehead atoms. The fourth-order valence-corrected chi connectivity index (χ4v) is 6.33. The number of carboxylic acid groups (broad SMARTS) is 2. The molecule has 2 N–H and O–H groups in total. The minimum Gasteiger partial charge on any atom is -0.478 e. The summed E-state index contributed by atoms with van der Waals surface area (Å²) in [5, 5.41) is 15.6. The third-order valence-corrected chi connectivity index (χ3v) is 8.26. The van der Waals surface area contributed by atoms with Crippen LogP contribution in [-0.4, -0.2) is 90.5 Å². The second kappa shape index (κ2) is 11.4. The highest BCUT2D eigenvalue weighted by Crippen LogP contribution is 2.60. The number of nitrogens with zero attached hydrogens (tertiary/aromatic N) is 1. The summed E-state index contributed by atoms with van der Waals surface area (Å²) >= 11 is 0. The van der Waals surface area contributed by atoms with Gasteiger partial charge in [-0.05, 0) is 38.0 Å². The Morgan fingerprint density at radius 3 is 2.39 bits per heavy atom. The van der Waals surface area contributed by atoms with Crippen LogP contribution in [0.25, 0.3) is 0 Å². The van der Waals surface area contributed by atoms with Crippen LogP contribution < -0.4 is 0 Å². The molecule has 5 heterocycles. The summed E-state index contributed by atoms with van der Waals surface area (Å²) < 4.78 is 24.5. The number of aliphatic carboxylic acids is 2. The average Bonchev–Trinajstić information content (AvgIpc) is 3.08. The molecular formula is C25H39NO10. The largest absolute Gasteiger partial charge is 0.478 e. The molecule has 36 heavy (non-hydrogen) atoms. The standard InChI is InChI=1S/C21H35NO6.C4H4O4/c1-14-4-5-17-15(2)18(24-13-10-22-8-11-23-12-9-22)25-19-21(17)16(14)6-7-20(3,26-19)27-28-21;5-3(6)1-2-4(7)8/h14-19H,4-13H2,1-3H3;1-2H,(H,5,6)(H,7,8)/b;2-1-/t14-,15-,16?,17?,18+,19-,20-,21-;/m1./s1. The van der Waals surface area contributed by atoms with Gasteiger partial charge in [-0.15, -0.1) is 0 Å². The van der Waals surface area contributed by atoms with Gasteiger partial charge in [-0.25, -0.2) is 19.4 Å². The molecule has 8 atom stereocenters. The zero-order valence-corrected chi connectivity index (χ0v) is 21.3. The molecule has 204 valence electrons. The fraction of sp³-hybridized carbons (Fsp3) is 0.840. The average molecular weight is 514 g/mol. The van der Waals surface area contributed by atoms with Crippen LogP contribution in [0.4, 0.5) is 0 Å². The molecule has 0 aromatic heterocycles.